The van der Waals surface area contributed by atoms with E-state index in [9.17, 15) is 4.79 Å². The van der Waals surface area contributed by atoms with E-state index in [1.165, 1.54) is 22.0 Å². The summed E-state index contributed by atoms with van der Waals surface area (Å²) in [6.07, 6.45) is 1.85. The van der Waals surface area contributed by atoms with E-state index in [1.807, 2.05) is 46.0 Å². The fourth-order valence-corrected chi connectivity index (χ4v) is 5.47. The number of hydrogen-bond donors (Lipinski definition) is 0. The van der Waals surface area contributed by atoms with Crippen molar-refractivity contribution in [3.05, 3.63) is 102 Å². The zero-order valence-corrected chi connectivity index (χ0v) is 22.4. The molecule has 7 nitrogen and oxygen atoms in total. The fraction of sp³-hybridized carbons (Fsp3) is 0.212. The molecule has 0 unspecified atom stereocenters. The van der Waals surface area contributed by atoms with Gasteiger partial charge in [-0.05, 0) is 42.0 Å². The van der Waals surface area contributed by atoms with Gasteiger partial charge in [-0.1, -0.05) is 60.2 Å². The van der Waals surface area contributed by atoms with Crippen LogP contribution in [0.2, 0.25) is 0 Å². The lowest BCUT2D eigenvalue weighted by atomic mass is 10.1. The molecule has 0 bridgehead atoms. The van der Waals surface area contributed by atoms with Crippen LogP contribution in [0.3, 0.4) is 0 Å². The first kappa shape index (κ1) is 24.3. The highest BCUT2D eigenvalue weighted by molar-refractivity contribution is 5.93. The average molecular weight is 531 g/mol. The van der Waals surface area contributed by atoms with Crippen molar-refractivity contribution in [2.24, 2.45) is 0 Å². The van der Waals surface area contributed by atoms with Crippen LogP contribution in [0.4, 0.5) is 5.69 Å². The Bertz CT molecular complexity index is 1700. The Balaban J connectivity index is 1.15. The third-order valence-corrected chi connectivity index (χ3v) is 7.70. The number of anilines is 1. The van der Waals surface area contributed by atoms with Gasteiger partial charge in [0.2, 0.25) is 0 Å². The van der Waals surface area contributed by atoms with Crippen molar-refractivity contribution in [3.8, 4) is 28.6 Å². The number of hydrogen-bond acceptors (Lipinski definition) is 5. The summed E-state index contributed by atoms with van der Waals surface area (Å²) in [5.74, 6) is 2.09. The van der Waals surface area contributed by atoms with E-state index in [-0.39, 0.29) is 5.91 Å². The highest BCUT2D eigenvalue weighted by Gasteiger charge is 2.26. The van der Waals surface area contributed by atoms with Crippen LogP contribution in [0.5, 0.6) is 11.5 Å². The average Bonchev–Trinajstić information content (AvgIpc) is 3.46. The molecule has 200 valence electrons. The van der Waals surface area contributed by atoms with E-state index in [0.29, 0.717) is 37.7 Å². The quantitative estimate of drug-likeness (QED) is 0.297. The van der Waals surface area contributed by atoms with Gasteiger partial charge in [-0.15, -0.1) is 0 Å². The smallest absolute Gasteiger partial charge is 0.274 e. The van der Waals surface area contributed by atoms with E-state index in [2.05, 4.69) is 66.4 Å². The van der Waals surface area contributed by atoms with E-state index < -0.39 is 0 Å². The molecule has 0 spiro atoms. The van der Waals surface area contributed by atoms with Crippen LogP contribution in [0.25, 0.3) is 27.8 Å². The summed E-state index contributed by atoms with van der Waals surface area (Å²) in [4.78, 5) is 22.8. The minimum atomic E-state index is -0.0529. The third-order valence-electron chi connectivity index (χ3n) is 7.70. The summed E-state index contributed by atoms with van der Waals surface area (Å²) in [6, 6.07) is 29.0. The van der Waals surface area contributed by atoms with Gasteiger partial charge < -0.3 is 19.3 Å². The van der Waals surface area contributed by atoms with Crippen molar-refractivity contribution >= 4 is 22.4 Å². The van der Waals surface area contributed by atoms with Gasteiger partial charge in [-0.25, -0.2) is 4.98 Å². The van der Waals surface area contributed by atoms with Crippen LogP contribution in [-0.4, -0.2) is 59.8 Å². The topological polar surface area (TPSA) is 59.8 Å². The molecule has 0 saturated carbocycles. The van der Waals surface area contributed by atoms with Gasteiger partial charge in [0.1, 0.15) is 24.7 Å². The molecule has 1 aromatic heterocycles. The monoisotopic (exact) mass is 530 g/mol. The molecule has 0 atom stereocenters. The van der Waals surface area contributed by atoms with Crippen LogP contribution >= 0.6 is 0 Å². The molecule has 2 aliphatic heterocycles. The summed E-state index contributed by atoms with van der Waals surface area (Å²) in [7, 11) is 0. The zero-order chi connectivity index (χ0) is 27.1. The largest absolute Gasteiger partial charge is 0.486 e. The van der Waals surface area contributed by atoms with Crippen molar-refractivity contribution in [3.63, 3.8) is 0 Å². The summed E-state index contributed by atoms with van der Waals surface area (Å²) >= 11 is 0. The molecule has 40 heavy (non-hydrogen) atoms. The van der Waals surface area contributed by atoms with Gasteiger partial charge in [0, 0.05) is 49.7 Å². The van der Waals surface area contributed by atoms with E-state index >= 15 is 0 Å². The molecule has 1 amide bonds. The Hall–Kier alpha value is -4.78. The number of fused-ring (bicyclic) bond motifs is 2. The SMILES string of the molecule is Cc1ccc(-c2nc(C(=O)N3CCN(c4ccc5ccccc5c4)CC3)cn2-c2ccc3c(c2)OCCO3)cc1. The predicted octanol–water partition coefficient (Wildman–Crippen LogP) is 5.73. The molecule has 7 heteroatoms. The molecule has 7 rings (SSSR count). The molecular weight excluding hydrogens is 500 g/mol. The van der Waals surface area contributed by atoms with Crippen molar-refractivity contribution in [2.45, 2.75) is 6.92 Å². The molecule has 4 aromatic carbocycles. The number of piperazine rings is 1. The van der Waals surface area contributed by atoms with Crippen molar-refractivity contribution in [1.82, 2.24) is 14.5 Å². The molecule has 2 aliphatic rings. The number of imidazole rings is 1. The Morgan fingerprint density at radius 1 is 0.750 bits per heavy atom. The number of carbonyl (C=O) groups excluding carboxylic acids is 1. The van der Waals surface area contributed by atoms with Gasteiger partial charge in [-0.3, -0.25) is 9.36 Å². The number of aromatic nitrogens is 2. The zero-order valence-electron chi connectivity index (χ0n) is 22.4. The summed E-state index contributed by atoms with van der Waals surface area (Å²) in [6.45, 7) is 5.95. The molecule has 3 heterocycles. The Morgan fingerprint density at radius 2 is 1.48 bits per heavy atom. The predicted molar refractivity (Wildman–Crippen MR) is 157 cm³/mol. The Kier molecular flexibility index (Phi) is 6.11. The first-order chi connectivity index (χ1) is 19.6. The Labute approximate surface area is 233 Å². The Morgan fingerprint density at radius 3 is 2.27 bits per heavy atom. The molecule has 1 fully saturated rings. The number of amides is 1. The maximum atomic E-state index is 13.7. The van der Waals surface area contributed by atoms with Crippen LogP contribution < -0.4 is 14.4 Å². The van der Waals surface area contributed by atoms with Crippen LogP contribution in [0.15, 0.2) is 91.1 Å². The third kappa shape index (κ3) is 4.53. The highest BCUT2D eigenvalue weighted by Crippen LogP contribution is 2.34. The standard InChI is InChI=1S/C33H30N4O3/c1-23-6-8-25(9-7-23)32-34-29(22-37(32)28-12-13-30-31(21-28)40-19-18-39-30)33(38)36-16-14-35(15-17-36)27-11-10-24-4-2-3-5-26(24)20-27/h2-13,20-22H,14-19H2,1H3. The second-order valence-electron chi connectivity index (χ2n) is 10.3. The molecule has 0 N–H and O–H groups in total. The number of carbonyl (C=O) groups is 1. The number of benzene rings is 4. The fourth-order valence-electron chi connectivity index (χ4n) is 5.47. The lowest BCUT2D eigenvalue weighted by Gasteiger charge is -2.36. The number of nitrogens with zero attached hydrogens (tertiary/aromatic N) is 4. The first-order valence-corrected chi connectivity index (χ1v) is 13.7. The second-order valence-corrected chi connectivity index (χ2v) is 10.3. The lowest BCUT2D eigenvalue weighted by Crippen LogP contribution is -2.48. The minimum absolute atomic E-state index is 0.0529. The van der Waals surface area contributed by atoms with Gasteiger partial charge >= 0.3 is 0 Å². The van der Waals surface area contributed by atoms with Crippen LogP contribution in [0.1, 0.15) is 16.1 Å². The van der Waals surface area contributed by atoms with Gasteiger partial charge in [0.25, 0.3) is 5.91 Å². The van der Waals surface area contributed by atoms with E-state index in [4.69, 9.17) is 14.5 Å². The van der Waals surface area contributed by atoms with Gasteiger partial charge in [-0.2, -0.15) is 0 Å². The number of ether oxygens (including phenoxy) is 2. The molecule has 1 saturated heterocycles. The van der Waals surface area contributed by atoms with Gasteiger partial charge in [0.05, 0.1) is 5.69 Å². The molecular formula is C33H30N4O3. The molecule has 0 aliphatic carbocycles. The maximum absolute atomic E-state index is 13.7. The van der Waals surface area contributed by atoms with E-state index in [1.54, 1.807) is 0 Å². The summed E-state index contributed by atoms with van der Waals surface area (Å²) in [5, 5.41) is 2.46. The van der Waals surface area contributed by atoms with E-state index in [0.717, 1.165) is 35.9 Å². The van der Waals surface area contributed by atoms with Crippen molar-refractivity contribution < 1.29 is 14.3 Å². The molecule has 0 radical (unpaired) electrons. The normalized spacial score (nSPS) is 14.9. The molecule has 5 aromatic rings. The summed E-state index contributed by atoms with van der Waals surface area (Å²) < 4.78 is 13.5. The van der Waals surface area contributed by atoms with Crippen LogP contribution in [0, 0.1) is 6.92 Å². The lowest BCUT2D eigenvalue weighted by molar-refractivity contribution is 0.0741. The maximum Gasteiger partial charge on any atom is 0.274 e. The second kappa shape index (κ2) is 10.1. The number of rotatable bonds is 4. The minimum Gasteiger partial charge on any atom is -0.486 e. The van der Waals surface area contributed by atoms with Gasteiger partial charge in [0.15, 0.2) is 11.5 Å². The number of aryl methyl sites for hydroxylation is 1. The highest BCUT2D eigenvalue weighted by atomic mass is 16.6. The van der Waals surface area contributed by atoms with Crippen molar-refractivity contribution in [2.75, 3.05) is 44.3 Å². The first-order valence-electron chi connectivity index (χ1n) is 13.7. The van der Waals surface area contributed by atoms with Crippen molar-refractivity contribution in [1.29, 1.82) is 0 Å². The summed E-state index contributed by atoms with van der Waals surface area (Å²) in [5.41, 5.74) is 4.61. The van der Waals surface area contributed by atoms with Crippen LogP contribution in [-0.2, 0) is 0 Å².